The number of hydrogen-bond donors (Lipinski definition) is 1. The van der Waals surface area contributed by atoms with Gasteiger partial charge >= 0.3 is 0 Å². The minimum atomic E-state index is -0.792. The molecule has 0 radical (unpaired) electrons. The normalized spacial score (nSPS) is 21.6. The van der Waals surface area contributed by atoms with Crippen LogP contribution in [0.2, 0.25) is 0 Å². The molecule has 4 aromatic rings. The molecule has 162 valence electrons. The van der Waals surface area contributed by atoms with Gasteiger partial charge in [0.05, 0.1) is 23.3 Å². The highest BCUT2D eigenvalue weighted by Gasteiger charge is 2.47. The number of benzene rings is 2. The Labute approximate surface area is 193 Å². The summed E-state index contributed by atoms with van der Waals surface area (Å²) >= 11 is 3.62. The van der Waals surface area contributed by atoms with Gasteiger partial charge in [0, 0.05) is 34.9 Å². The molecule has 1 saturated heterocycles. The number of aromatic nitrogens is 3. The quantitative estimate of drug-likeness (QED) is 0.310. The van der Waals surface area contributed by atoms with Crippen LogP contribution in [0.25, 0.3) is 11.0 Å². The van der Waals surface area contributed by atoms with Gasteiger partial charge in [-0.1, -0.05) is 46.3 Å². The zero-order valence-electron chi connectivity index (χ0n) is 17.3. The second kappa shape index (κ2) is 8.80. The minimum absolute atomic E-state index is 0.0959. The maximum absolute atomic E-state index is 12.6. The Kier molecular flexibility index (Phi) is 5.71. The molecular weight excluding hydrogens is 470 g/mol. The van der Waals surface area contributed by atoms with Gasteiger partial charge in [-0.3, -0.25) is 20.0 Å². The highest BCUT2D eigenvalue weighted by molar-refractivity contribution is 9.10. The van der Waals surface area contributed by atoms with Crippen molar-refractivity contribution in [1.29, 1.82) is 0 Å². The monoisotopic (exact) mass is 491 g/mol. The average molecular weight is 492 g/mol. The fraction of sp³-hybridized carbons (Fsp3) is 0.250. The first-order valence-electron chi connectivity index (χ1n) is 10.6. The van der Waals surface area contributed by atoms with E-state index in [-0.39, 0.29) is 16.9 Å². The molecule has 2 aromatic heterocycles. The first kappa shape index (κ1) is 20.8. The third-order valence-corrected chi connectivity index (χ3v) is 7.02. The molecule has 3 atom stereocenters. The lowest BCUT2D eigenvalue weighted by Crippen LogP contribution is -2.48. The van der Waals surface area contributed by atoms with Crippen molar-refractivity contribution in [1.82, 2.24) is 19.9 Å². The summed E-state index contributed by atoms with van der Waals surface area (Å²) < 4.78 is 0.917. The zero-order valence-corrected chi connectivity index (χ0v) is 18.9. The molecule has 2 aromatic carbocycles. The zero-order chi connectivity index (χ0) is 22.1. The SMILES string of the molecule is O=[N+]([O-])[C@@H]1[C@@H](c2ccc3nc[nH]c3c2)N(Cc2cccnc2)CC[C@H]1c1ccccc1Br. The van der Waals surface area contributed by atoms with Crippen LogP contribution in [-0.2, 0) is 6.54 Å². The smallest absolute Gasteiger partial charge is 0.239 e. The molecule has 1 aliphatic rings. The summed E-state index contributed by atoms with van der Waals surface area (Å²) in [6.45, 7) is 1.35. The van der Waals surface area contributed by atoms with E-state index in [1.54, 1.807) is 12.5 Å². The van der Waals surface area contributed by atoms with Crippen LogP contribution in [-0.4, -0.2) is 37.4 Å². The number of likely N-dealkylation sites (tertiary alicyclic amines) is 1. The number of nitro groups is 1. The number of nitrogens with one attached hydrogen (secondary N) is 1. The number of fused-ring (bicyclic) bond motifs is 1. The van der Waals surface area contributed by atoms with Gasteiger partial charge in [-0.25, -0.2) is 4.98 Å². The van der Waals surface area contributed by atoms with Crippen LogP contribution < -0.4 is 0 Å². The van der Waals surface area contributed by atoms with Crippen LogP contribution in [0.5, 0.6) is 0 Å². The number of aromatic amines is 1. The first-order valence-corrected chi connectivity index (χ1v) is 11.3. The predicted octanol–water partition coefficient (Wildman–Crippen LogP) is 5.10. The number of imidazole rings is 1. The highest BCUT2D eigenvalue weighted by atomic mass is 79.9. The molecule has 32 heavy (non-hydrogen) atoms. The summed E-state index contributed by atoms with van der Waals surface area (Å²) in [6, 6.07) is 16.5. The topological polar surface area (TPSA) is 87.9 Å². The Balaban J connectivity index is 1.61. The molecule has 0 aliphatic carbocycles. The maximum Gasteiger partial charge on any atom is 0.239 e. The van der Waals surface area contributed by atoms with Crippen LogP contribution in [0.1, 0.15) is 35.1 Å². The largest absolute Gasteiger partial charge is 0.345 e. The van der Waals surface area contributed by atoms with E-state index in [1.165, 1.54) is 0 Å². The molecule has 8 heteroatoms. The number of nitrogens with zero attached hydrogens (tertiary/aromatic N) is 4. The highest BCUT2D eigenvalue weighted by Crippen LogP contribution is 2.44. The second-order valence-electron chi connectivity index (χ2n) is 8.15. The van der Waals surface area contributed by atoms with Gasteiger partial charge in [0.25, 0.3) is 0 Å². The van der Waals surface area contributed by atoms with Gasteiger partial charge in [-0.2, -0.15) is 0 Å². The Hall–Kier alpha value is -3.10. The molecule has 0 amide bonds. The van der Waals surface area contributed by atoms with Crippen molar-refractivity contribution in [3.05, 3.63) is 105 Å². The van der Waals surface area contributed by atoms with Gasteiger partial charge in [0.15, 0.2) is 0 Å². The fourth-order valence-corrected chi connectivity index (χ4v) is 5.46. The number of piperidine rings is 1. The fourth-order valence-electron chi connectivity index (χ4n) is 4.88. The van der Waals surface area contributed by atoms with E-state index >= 15 is 0 Å². The Bertz CT molecular complexity index is 1250. The van der Waals surface area contributed by atoms with E-state index in [0.29, 0.717) is 13.0 Å². The van der Waals surface area contributed by atoms with Crippen LogP contribution >= 0.6 is 15.9 Å². The van der Waals surface area contributed by atoms with E-state index in [2.05, 4.69) is 35.8 Å². The molecule has 1 fully saturated rings. The lowest BCUT2D eigenvalue weighted by atomic mass is 9.78. The van der Waals surface area contributed by atoms with Gasteiger partial charge < -0.3 is 4.98 Å². The second-order valence-corrected chi connectivity index (χ2v) is 9.00. The Morgan fingerprint density at radius 2 is 2.06 bits per heavy atom. The van der Waals surface area contributed by atoms with E-state index in [9.17, 15) is 10.1 Å². The average Bonchev–Trinajstić information content (AvgIpc) is 3.28. The lowest BCUT2D eigenvalue weighted by Gasteiger charge is -2.41. The molecule has 7 nitrogen and oxygen atoms in total. The number of halogens is 1. The summed E-state index contributed by atoms with van der Waals surface area (Å²) in [5, 5.41) is 12.6. The maximum atomic E-state index is 12.6. The number of pyridine rings is 1. The van der Waals surface area contributed by atoms with Gasteiger partial charge in [-0.05, 0) is 47.4 Å². The van der Waals surface area contributed by atoms with Gasteiger partial charge in [0.1, 0.15) is 6.04 Å². The van der Waals surface area contributed by atoms with Crippen molar-refractivity contribution in [2.75, 3.05) is 6.54 Å². The summed E-state index contributed by atoms with van der Waals surface area (Å²) in [4.78, 5) is 26.4. The summed E-state index contributed by atoms with van der Waals surface area (Å²) in [6.07, 6.45) is 5.93. The summed E-state index contributed by atoms with van der Waals surface area (Å²) in [5.74, 6) is -0.201. The molecule has 1 aliphatic heterocycles. The predicted molar refractivity (Wildman–Crippen MR) is 126 cm³/mol. The molecule has 0 spiro atoms. The lowest BCUT2D eigenvalue weighted by molar-refractivity contribution is -0.540. The third-order valence-electron chi connectivity index (χ3n) is 6.30. The van der Waals surface area contributed by atoms with E-state index < -0.39 is 6.04 Å². The van der Waals surface area contributed by atoms with Gasteiger partial charge in [0.2, 0.25) is 6.04 Å². The summed E-state index contributed by atoms with van der Waals surface area (Å²) in [5.41, 5.74) is 4.69. The van der Waals surface area contributed by atoms with Crippen molar-refractivity contribution in [3.63, 3.8) is 0 Å². The van der Waals surface area contributed by atoms with Crippen LogP contribution in [0.4, 0.5) is 0 Å². The number of hydrogen-bond acceptors (Lipinski definition) is 5. The Morgan fingerprint density at radius 1 is 1.19 bits per heavy atom. The van der Waals surface area contributed by atoms with Crippen molar-refractivity contribution >= 4 is 27.0 Å². The Morgan fingerprint density at radius 3 is 2.84 bits per heavy atom. The van der Waals surface area contributed by atoms with Crippen LogP contribution in [0.3, 0.4) is 0 Å². The van der Waals surface area contributed by atoms with Crippen molar-refractivity contribution in [2.24, 2.45) is 0 Å². The van der Waals surface area contributed by atoms with Crippen molar-refractivity contribution in [2.45, 2.75) is 31.0 Å². The number of H-pyrrole nitrogens is 1. The van der Waals surface area contributed by atoms with Crippen molar-refractivity contribution in [3.8, 4) is 0 Å². The molecule has 5 rings (SSSR count). The first-order chi connectivity index (χ1) is 15.6. The summed E-state index contributed by atoms with van der Waals surface area (Å²) in [7, 11) is 0. The molecule has 0 unspecified atom stereocenters. The van der Waals surface area contributed by atoms with Crippen LogP contribution in [0, 0.1) is 10.1 Å². The van der Waals surface area contributed by atoms with Crippen molar-refractivity contribution < 1.29 is 4.92 Å². The van der Waals surface area contributed by atoms with E-state index in [4.69, 9.17) is 0 Å². The molecular formula is C24H22BrN5O2. The molecule has 3 heterocycles. The standard InChI is InChI=1S/C24H22BrN5O2/c25-20-6-2-1-5-18(20)19-9-11-29(14-16-4-3-10-26-13-16)23(24(19)30(31)32)17-7-8-21-22(12-17)28-15-27-21/h1-8,10,12-13,15,19,23-24H,9,11,14H2,(H,27,28)/t19-,23+,24-/m0/s1. The number of rotatable bonds is 5. The third kappa shape index (κ3) is 3.91. The molecule has 0 bridgehead atoms. The molecule has 0 saturated carbocycles. The van der Waals surface area contributed by atoms with E-state index in [1.807, 2.05) is 60.8 Å². The van der Waals surface area contributed by atoms with E-state index in [0.717, 1.165) is 38.7 Å². The van der Waals surface area contributed by atoms with Gasteiger partial charge in [-0.15, -0.1) is 0 Å². The minimum Gasteiger partial charge on any atom is -0.345 e. The van der Waals surface area contributed by atoms with Crippen LogP contribution in [0.15, 0.2) is 77.8 Å². The molecule has 1 N–H and O–H groups in total.